The first-order valence-electron chi connectivity index (χ1n) is 6.09. The summed E-state index contributed by atoms with van der Waals surface area (Å²) in [6, 6.07) is 0. The second-order valence-corrected chi connectivity index (χ2v) is 4.82. The molecule has 0 aromatic heterocycles. The molecule has 0 spiro atoms. The molecule has 1 rings (SSSR count). The SMILES string of the molecule is CC1C=CC(CCN=C=O)=CC1(C)CCN=C=O. The predicted molar refractivity (Wildman–Crippen MR) is 69.7 cm³/mol. The minimum Gasteiger partial charge on any atom is -0.211 e. The molecule has 0 bridgehead atoms. The van der Waals surface area contributed by atoms with Crippen LogP contribution in [0.2, 0.25) is 0 Å². The molecule has 2 unspecified atom stereocenters. The van der Waals surface area contributed by atoms with Crippen LogP contribution in [0.15, 0.2) is 33.8 Å². The van der Waals surface area contributed by atoms with E-state index in [0.717, 1.165) is 12.8 Å². The van der Waals surface area contributed by atoms with Crippen LogP contribution in [0.4, 0.5) is 0 Å². The molecule has 0 aliphatic heterocycles. The van der Waals surface area contributed by atoms with Gasteiger partial charge in [-0.05, 0) is 29.7 Å². The van der Waals surface area contributed by atoms with E-state index in [1.807, 2.05) is 0 Å². The van der Waals surface area contributed by atoms with Crippen molar-refractivity contribution in [1.29, 1.82) is 0 Å². The minimum atomic E-state index is -0.00464. The topological polar surface area (TPSA) is 58.9 Å². The largest absolute Gasteiger partial charge is 0.234 e. The van der Waals surface area contributed by atoms with Crippen molar-refractivity contribution in [2.45, 2.75) is 26.7 Å². The Kier molecular flexibility index (Phi) is 5.44. The van der Waals surface area contributed by atoms with Crippen molar-refractivity contribution in [3.63, 3.8) is 0 Å². The Morgan fingerprint density at radius 1 is 1.28 bits per heavy atom. The highest BCUT2D eigenvalue weighted by molar-refractivity contribution is 5.34. The molecule has 2 atom stereocenters. The molecule has 0 fully saturated rings. The third-order valence-corrected chi connectivity index (χ3v) is 3.56. The van der Waals surface area contributed by atoms with Crippen molar-refractivity contribution in [1.82, 2.24) is 0 Å². The van der Waals surface area contributed by atoms with Gasteiger partial charge in [-0.1, -0.05) is 32.1 Å². The Morgan fingerprint density at radius 3 is 2.61 bits per heavy atom. The molecule has 0 aromatic rings. The first-order valence-corrected chi connectivity index (χ1v) is 6.09. The van der Waals surface area contributed by atoms with Crippen molar-refractivity contribution in [2.75, 3.05) is 13.1 Å². The molecular weight excluding hydrogens is 228 g/mol. The molecule has 0 radical (unpaired) electrons. The molecule has 96 valence electrons. The summed E-state index contributed by atoms with van der Waals surface area (Å²) in [5, 5.41) is 0. The third kappa shape index (κ3) is 3.92. The van der Waals surface area contributed by atoms with Crippen LogP contribution < -0.4 is 0 Å². The summed E-state index contributed by atoms with van der Waals surface area (Å²) < 4.78 is 0. The Hall–Kier alpha value is -1.76. The van der Waals surface area contributed by atoms with Crippen LogP contribution in [-0.2, 0) is 9.59 Å². The fourth-order valence-electron chi connectivity index (χ4n) is 2.12. The average molecular weight is 246 g/mol. The summed E-state index contributed by atoms with van der Waals surface area (Å²) in [4.78, 5) is 27.3. The Balaban J connectivity index is 2.72. The van der Waals surface area contributed by atoms with Gasteiger partial charge in [0, 0.05) is 0 Å². The van der Waals surface area contributed by atoms with E-state index >= 15 is 0 Å². The number of carbonyl (C=O) groups excluding carboxylic acids is 2. The van der Waals surface area contributed by atoms with Gasteiger partial charge >= 0.3 is 0 Å². The molecule has 0 saturated heterocycles. The van der Waals surface area contributed by atoms with Crippen molar-refractivity contribution in [2.24, 2.45) is 21.3 Å². The fraction of sp³-hybridized carbons (Fsp3) is 0.571. The summed E-state index contributed by atoms with van der Waals surface area (Å²) in [5.74, 6) is 0.401. The first kappa shape index (κ1) is 14.3. The van der Waals surface area contributed by atoms with E-state index in [2.05, 4.69) is 42.1 Å². The second kappa shape index (κ2) is 6.85. The smallest absolute Gasteiger partial charge is 0.211 e. The zero-order valence-electron chi connectivity index (χ0n) is 10.8. The molecule has 0 saturated carbocycles. The van der Waals surface area contributed by atoms with Crippen LogP contribution in [0.5, 0.6) is 0 Å². The summed E-state index contributed by atoms with van der Waals surface area (Å²) in [7, 11) is 0. The van der Waals surface area contributed by atoms with Crippen LogP contribution in [-0.4, -0.2) is 25.2 Å². The van der Waals surface area contributed by atoms with E-state index < -0.39 is 0 Å². The van der Waals surface area contributed by atoms with Gasteiger partial charge in [0.25, 0.3) is 0 Å². The average Bonchev–Trinajstić information content (AvgIpc) is 2.35. The van der Waals surface area contributed by atoms with Crippen molar-refractivity contribution in [3.05, 3.63) is 23.8 Å². The van der Waals surface area contributed by atoms with Crippen LogP contribution >= 0.6 is 0 Å². The molecule has 18 heavy (non-hydrogen) atoms. The van der Waals surface area contributed by atoms with Gasteiger partial charge in [0.05, 0.1) is 13.1 Å². The summed E-state index contributed by atoms with van der Waals surface area (Å²) in [6.07, 6.45) is 11.1. The maximum Gasteiger partial charge on any atom is 0.234 e. The minimum absolute atomic E-state index is 0.00464. The fourth-order valence-corrected chi connectivity index (χ4v) is 2.12. The lowest BCUT2D eigenvalue weighted by atomic mass is 9.71. The van der Waals surface area contributed by atoms with Crippen LogP contribution in [0.1, 0.15) is 26.7 Å². The molecule has 1 aliphatic carbocycles. The molecule has 4 heteroatoms. The van der Waals surface area contributed by atoms with Gasteiger partial charge in [0.1, 0.15) is 0 Å². The maximum absolute atomic E-state index is 10.1. The van der Waals surface area contributed by atoms with Gasteiger partial charge in [-0.2, -0.15) is 0 Å². The number of rotatable bonds is 6. The van der Waals surface area contributed by atoms with Crippen LogP contribution in [0.3, 0.4) is 0 Å². The Labute approximate surface area is 107 Å². The molecule has 0 heterocycles. The summed E-state index contributed by atoms with van der Waals surface area (Å²) in [5.41, 5.74) is 1.17. The Bertz CT molecular complexity index is 441. The molecule has 0 N–H and O–H groups in total. The van der Waals surface area contributed by atoms with Gasteiger partial charge in [0.15, 0.2) is 0 Å². The second-order valence-electron chi connectivity index (χ2n) is 4.82. The van der Waals surface area contributed by atoms with Gasteiger partial charge in [-0.25, -0.2) is 19.6 Å². The first-order chi connectivity index (χ1) is 8.62. The lowest BCUT2D eigenvalue weighted by Gasteiger charge is -2.34. The zero-order chi connectivity index (χ0) is 13.4. The van der Waals surface area contributed by atoms with Crippen molar-refractivity contribution in [3.8, 4) is 0 Å². The highest BCUT2D eigenvalue weighted by atomic mass is 16.1. The van der Waals surface area contributed by atoms with Crippen LogP contribution in [0, 0.1) is 11.3 Å². The van der Waals surface area contributed by atoms with Gasteiger partial charge in [-0.3, -0.25) is 0 Å². The maximum atomic E-state index is 10.1. The molecule has 1 aliphatic rings. The lowest BCUT2D eigenvalue weighted by molar-refractivity contribution is 0.302. The normalized spacial score (nSPS) is 25.9. The van der Waals surface area contributed by atoms with E-state index in [1.165, 1.54) is 5.57 Å². The number of hydrogen-bond acceptors (Lipinski definition) is 4. The summed E-state index contributed by atoms with van der Waals surface area (Å²) >= 11 is 0. The molecule has 4 nitrogen and oxygen atoms in total. The monoisotopic (exact) mass is 246 g/mol. The number of hydrogen-bond donors (Lipinski definition) is 0. The van der Waals surface area contributed by atoms with Crippen molar-refractivity contribution >= 4 is 12.2 Å². The number of allylic oxidation sites excluding steroid dienone is 3. The lowest BCUT2D eigenvalue weighted by Crippen LogP contribution is -2.25. The highest BCUT2D eigenvalue weighted by Crippen LogP contribution is 2.38. The number of aliphatic imine (C=N–C) groups is 2. The Morgan fingerprint density at radius 2 is 1.94 bits per heavy atom. The van der Waals surface area contributed by atoms with Gasteiger partial charge in [0.2, 0.25) is 12.2 Å². The van der Waals surface area contributed by atoms with E-state index in [4.69, 9.17) is 0 Å². The molecular formula is C14H18N2O2. The predicted octanol–water partition coefficient (Wildman–Crippen LogP) is 2.58. The van der Waals surface area contributed by atoms with Crippen LogP contribution in [0.25, 0.3) is 0 Å². The van der Waals surface area contributed by atoms with E-state index in [0.29, 0.717) is 19.0 Å². The van der Waals surface area contributed by atoms with Crippen molar-refractivity contribution < 1.29 is 9.59 Å². The third-order valence-electron chi connectivity index (χ3n) is 3.56. The number of nitrogens with zero attached hydrogens (tertiary/aromatic N) is 2. The van der Waals surface area contributed by atoms with E-state index in [9.17, 15) is 9.59 Å². The highest BCUT2D eigenvalue weighted by Gasteiger charge is 2.29. The molecule has 0 aromatic carbocycles. The quantitative estimate of drug-likeness (QED) is 0.534. The number of isocyanates is 2. The van der Waals surface area contributed by atoms with Gasteiger partial charge < -0.3 is 0 Å². The zero-order valence-corrected chi connectivity index (χ0v) is 10.8. The standard InChI is InChI=1S/C14H18N2O2/c1-12-3-4-13(5-7-15-10-17)9-14(12,2)6-8-16-11-18/h3-4,9,12H,5-8H2,1-2H3. The van der Waals surface area contributed by atoms with E-state index in [1.54, 1.807) is 12.2 Å². The van der Waals surface area contributed by atoms with Gasteiger partial charge in [-0.15, -0.1) is 0 Å². The molecule has 0 amide bonds. The summed E-state index contributed by atoms with van der Waals surface area (Å²) in [6.45, 7) is 5.27. The van der Waals surface area contributed by atoms with E-state index in [-0.39, 0.29) is 5.41 Å².